The third kappa shape index (κ3) is 3.74. The van der Waals surface area contributed by atoms with Gasteiger partial charge in [0.2, 0.25) is 10.0 Å². The normalized spacial score (nSPS) is 16.3. The molecule has 1 saturated heterocycles. The first-order chi connectivity index (χ1) is 14.9. The molecule has 0 atom stereocenters. The van der Waals surface area contributed by atoms with Gasteiger partial charge in [0, 0.05) is 49.3 Å². The Labute approximate surface area is 183 Å². The van der Waals surface area contributed by atoms with Gasteiger partial charge < -0.3 is 9.97 Å². The second-order valence-corrected chi connectivity index (χ2v) is 9.92. The molecule has 1 aliphatic heterocycles. The van der Waals surface area contributed by atoms with Gasteiger partial charge >= 0.3 is 5.69 Å². The van der Waals surface area contributed by atoms with Crippen molar-refractivity contribution in [3.63, 3.8) is 0 Å². The van der Waals surface area contributed by atoms with Crippen LogP contribution in [0.5, 0.6) is 0 Å². The Hall–Kier alpha value is -2.72. The molecule has 0 radical (unpaired) electrons. The zero-order valence-corrected chi connectivity index (χ0v) is 18.1. The lowest BCUT2D eigenvalue weighted by molar-refractivity contribution is 0.182. The van der Waals surface area contributed by atoms with Crippen molar-refractivity contribution in [2.24, 2.45) is 0 Å². The van der Waals surface area contributed by atoms with Crippen molar-refractivity contribution >= 4 is 43.6 Å². The second kappa shape index (κ2) is 7.76. The number of hydrogen-bond donors (Lipinski definition) is 2. The Morgan fingerprint density at radius 2 is 1.77 bits per heavy atom. The van der Waals surface area contributed by atoms with Crippen molar-refractivity contribution in [1.82, 2.24) is 24.2 Å². The molecular formula is C21H20ClN5O3S. The first-order valence-corrected chi connectivity index (χ1v) is 11.7. The van der Waals surface area contributed by atoms with E-state index in [2.05, 4.69) is 19.9 Å². The van der Waals surface area contributed by atoms with Gasteiger partial charge in [-0.3, -0.25) is 9.88 Å². The maximum absolute atomic E-state index is 13.1. The molecule has 0 unspecified atom stereocenters. The average Bonchev–Trinajstić information content (AvgIpc) is 3.15. The van der Waals surface area contributed by atoms with E-state index >= 15 is 0 Å². The van der Waals surface area contributed by atoms with Crippen LogP contribution in [0.25, 0.3) is 21.9 Å². The summed E-state index contributed by atoms with van der Waals surface area (Å²) in [7, 11) is -3.64. The Morgan fingerprint density at radius 1 is 1.00 bits per heavy atom. The van der Waals surface area contributed by atoms with E-state index in [-0.39, 0.29) is 10.6 Å². The predicted molar refractivity (Wildman–Crippen MR) is 120 cm³/mol. The molecule has 160 valence electrons. The van der Waals surface area contributed by atoms with Crippen LogP contribution in [0.2, 0.25) is 5.02 Å². The fourth-order valence-electron chi connectivity index (χ4n) is 4.01. The fourth-order valence-corrected chi connectivity index (χ4v) is 5.68. The topological polar surface area (TPSA) is 102 Å². The molecule has 2 N–H and O–H groups in total. The highest BCUT2D eigenvalue weighted by molar-refractivity contribution is 7.89. The van der Waals surface area contributed by atoms with Crippen LogP contribution in [0.1, 0.15) is 5.56 Å². The van der Waals surface area contributed by atoms with Gasteiger partial charge in [0.25, 0.3) is 0 Å². The van der Waals surface area contributed by atoms with Gasteiger partial charge in [-0.25, -0.2) is 13.2 Å². The minimum atomic E-state index is -3.64. The maximum atomic E-state index is 13.1. The number of pyridine rings is 1. The molecule has 3 heterocycles. The number of aromatic nitrogens is 3. The van der Waals surface area contributed by atoms with Crippen molar-refractivity contribution < 1.29 is 8.42 Å². The number of aromatic amines is 2. The van der Waals surface area contributed by atoms with Crippen molar-refractivity contribution in [3.05, 3.63) is 69.7 Å². The molecule has 0 bridgehead atoms. The third-order valence-electron chi connectivity index (χ3n) is 5.65. The Kier molecular flexibility index (Phi) is 5.05. The van der Waals surface area contributed by atoms with Crippen molar-refractivity contribution in [1.29, 1.82) is 0 Å². The van der Waals surface area contributed by atoms with Gasteiger partial charge in [0.15, 0.2) is 0 Å². The molecule has 1 aliphatic rings. The minimum absolute atomic E-state index is 0.177. The van der Waals surface area contributed by atoms with Gasteiger partial charge in [-0.1, -0.05) is 17.7 Å². The molecule has 0 amide bonds. The van der Waals surface area contributed by atoms with Crippen LogP contribution in [-0.2, 0) is 16.6 Å². The lowest BCUT2D eigenvalue weighted by atomic mass is 10.1. The number of nitrogens with one attached hydrogen (secondary N) is 2. The van der Waals surface area contributed by atoms with E-state index in [4.69, 9.17) is 11.6 Å². The number of hydrogen-bond acceptors (Lipinski definition) is 5. The molecule has 10 heteroatoms. The first-order valence-electron chi connectivity index (χ1n) is 9.88. The van der Waals surface area contributed by atoms with Crippen LogP contribution in [0.15, 0.2) is 58.4 Å². The number of nitrogens with zero attached hydrogens (tertiary/aromatic N) is 3. The van der Waals surface area contributed by atoms with Crippen LogP contribution in [0.3, 0.4) is 0 Å². The number of H-pyrrole nitrogens is 2. The van der Waals surface area contributed by atoms with E-state index in [0.717, 1.165) is 16.5 Å². The number of fused-ring (bicyclic) bond motifs is 2. The summed E-state index contributed by atoms with van der Waals surface area (Å²) in [5.41, 5.74) is 2.64. The fraction of sp³-hybridized carbons (Fsp3) is 0.238. The van der Waals surface area contributed by atoms with E-state index in [1.54, 1.807) is 12.3 Å². The highest BCUT2D eigenvalue weighted by atomic mass is 35.5. The smallest absolute Gasteiger partial charge is 0.306 e. The summed E-state index contributed by atoms with van der Waals surface area (Å²) in [6.45, 7) is 2.68. The van der Waals surface area contributed by atoms with Gasteiger partial charge in [0.1, 0.15) is 0 Å². The van der Waals surface area contributed by atoms with Gasteiger partial charge in [-0.2, -0.15) is 4.31 Å². The van der Waals surface area contributed by atoms with E-state index in [9.17, 15) is 13.2 Å². The number of rotatable bonds is 4. The molecule has 2 aromatic carbocycles. The largest absolute Gasteiger partial charge is 0.323 e. The Balaban J connectivity index is 1.32. The molecule has 0 saturated carbocycles. The highest BCUT2D eigenvalue weighted by Gasteiger charge is 2.29. The van der Waals surface area contributed by atoms with Gasteiger partial charge in [-0.15, -0.1) is 0 Å². The molecule has 5 rings (SSSR count). The van der Waals surface area contributed by atoms with E-state index < -0.39 is 10.0 Å². The summed E-state index contributed by atoms with van der Waals surface area (Å²) in [5, 5.41) is 1.59. The summed E-state index contributed by atoms with van der Waals surface area (Å²) in [6.07, 6.45) is 1.75. The van der Waals surface area contributed by atoms with Crippen LogP contribution in [0.4, 0.5) is 0 Å². The third-order valence-corrected chi connectivity index (χ3v) is 7.87. The van der Waals surface area contributed by atoms with Crippen LogP contribution in [0, 0.1) is 0 Å². The lowest BCUT2D eigenvalue weighted by Crippen LogP contribution is -2.48. The molecule has 1 fully saturated rings. The summed E-state index contributed by atoms with van der Waals surface area (Å²) < 4.78 is 27.7. The number of benzene rings is 2. The number of sulfonamides is 1. The standard InChI is InChI=1S/C21H20ClN5O3S/c22-17-5-3-14(20-16(17)2-1-7-23-20)13-26-8-10-27(11-9-26)31(29,30)15-4-6-18-19(12-15)25-21(28)24-18/h1-7,12H,8-11,13H2,(H2,24,25,28). The quantitative estimate of drug-likeness (QED) is 0.490. The molecule has 8 nitrogen and oxygen atoms in total. The number of piperazine rings is 1. The monoisotopic (exact) mass is 457 g/mol. The van der Waals surface area contributed by atoms with Crippen LogP contribution in [-0.4, -0.2) is 58.8 Å². The molecule has 4 aromatic rings. The summed E-state index contributed by atoms with van der Waals surface area (Å²) in [4.78, 5) is 23.6. The Morgan fingerprint density at radius 3 is 2.58 bits per heavy atom. The minimum Gasteiger partial charge on any atom is -0.306 e. The van der Waals surface area contributed by atoms with E-state index in [1.165, 1.54) is 16.4 Å². The zero-order valence-electron chi connectivity index (χ0n) is 16.5. The van der Waals surface area contributed by atoms with Gasteiger partial charge in [0.05, 0.1) is 21.4 Å². The average molecular weight is 458 g/mol. The van der Waals surface area contributed by atoms with Gasteiger partial charge in [-0.05, 0) is 42.0 Å². The molecule has 31 heavy (non-hydrogen) atoms. The Bertz CT molecular complexity index is 1440. The van der Waals surface area contributed by atoms with Crippen LogP contribution < -0.4 is 5.69 Å². The molecule has 2 aromatic heterocycles. The predicted octanol–water partition coefficient (Wildman–Crippen LogP) is 2.56. The second-order valence-electron chi connectivity index (χ2n) is 7.57. The number of halogens is 1. The van der Waals surface area contributed by atoms with E-state index in [1.807, 2.05) is 24.3 Å². The highest BCUT2D eigenvalue weighted by Crippen LogP contribution is 2.26. The number of imidazole rings is 1. The van der Waals surface area contributed by atoms with E-state index in [0.29, 0.717) is 48.8 Å². The lowest BCUT2D eigenvalue weighted by Gasteiger charge is -2.34. The molecule has 0 spiro atoms. The van der Waals surface area contributed by atoms with Crippen molar-refractivity contribution in [2.75, 3.05) is 26.2 Å². The maximum Gasteiger partial charge on any atom is 0.323 e. The summed E-state index contributed by atoms with van der Waals surface area (Å²) in [5.74, 6) is 0. The first kappa shape index (κ1) is 20.2. The molecule has 0 aliphatic carbocycles. The van der Waals surface area contributed by atoms with Crippen molar-refractivity contribution in [2.45, 2.75) is 11.4 Å². The summed E-state index contributed by atoms with van der Waals surface area (Å²) >= 11 is 6.29. The SMILES string of the molecule is O=c1[nH]c2ccc(S(=O)(=O)N3CCN(Cc4ccc(Cl)c5cccnc45)CC3)cc2[nH]1. The van der Waals surface area contributed by atoms with Crippen molar-refractivity contribution in [3.8, 4) is 0 Å². The zero-order chi connectivity index (χ0) is 21.6. The van der Waals surface area contributed by atoms with Crippen LogP contribution >= 0.6 is 11.6 Å². The molecular weight excluding hydrogens is 438 g/mol. The summed E-state index contributed by atoms with van der Waals surface area (Å²) in [6, 6.07) is 12.3.